The van der Waals surface area contributed by atoms with Crippen LogP contribution in [-0.4, -0.2) is 81.6 Å². The number of aromatic nitrogens is 2. The minimum Gasteiger partial charge on any atom is -0.390 e. The van der Waals surface area contributed by atoms with Crippen LogP contribution in [0.1, 0.15) is 54.2 Å². The summed E-state index contributed by atoms with van der Waals surface area (Å²) < 4.78 is 0. The molecule has 3 N–H and O–H groups in total. The van der Waals surface area contributed by atoms with Gasteiger partial charge < -0.3 is 20.6 Å². The third-order valence-electron chi connectivity index (χ3n) is 7.17. The van der Waals surface area contributed by atoms with Crippen molar-refractivity contribution in [2.75, 3.05) is 32.0 Å². The molecular weight excluding hydrogens is 444 g/mol. The molecule has 1 saturated carbocycles. The van der Waals surface area contributed by atoms with E-state index in [1.807, 2.05) is 18.0 Å². The molecule has 1 atom stereocenters. The number of nitrogens with zero attached hydrogens (tertiary/aromatic N) is 4. The number of benzene rings is 1. The minimum absolute atomic E-state index is 0.0965. The highest BCUT2D eigenvalue weighted by Gasteiger charge is 2.25. The van der Waals surface area contributed by atoms with E-state index in [0.29, 0.717) is 12.4 Å². The molecule has 9 nitrogen and oxygen atoms in total. The van der Waals surface area contributed by atoms with Crippen LogP contribution >= 0.6 is 0 Å². The maximum atomic E-state index is 12.6. The number of aliphatic hydroxyl groups is 1. The first kappa shape index (κ1) is 25.1. The number of β-amino-alcohol motifs (C(OH)–C–C–N with tert-alkyl or cyclic N) is 1. The fourth-order valence-corrected chi connectivity index (χ4v) is 5.01. The number of nitrogens with one attached hydrogen (secondary N) is 2. The predicted molar refractivity (Wildman–Crippen MR) is 134 cm³/mol. The van der Waals surface area contributed by atoms with Crippen molar-refractivity contribution in [3.8, 4) is 0 Å². The lowest BCUT2D eigenvalue weighted by Gasteiger charge is -2.34. The molecule has 2 amide bonds. The summed E-state index contributed by atoms with van der Waals surface area (Å²) in [5.41, 5.74) is 2.94. The number of fused-ring (bicyclic) bond motifs is 1. The van der Waals surface area contributed by atoms with Gasteiger partial charge in [0.05, 0.1) is 6.10 Å². The Bertz CT molecular complexity index is 1020. The molecule has 1 aromatic carbocycles. The zero-order valence-electron chi connectivity index (χ0n) is 20.6. The molecule has 4 rings (SSSR count). The van der Waals surface area contributed by atoms with Gasteiger partial charge in [-0.25, -0.2) is 9.97 Å². The largest absolute Gasteiger partial charge is 0.390 e. The summed E-state index contributed by atoms with van der Waals surface area (Å²) in [6.07, 6.45) is 5.43. The molecule has 0 radical (unpaired) electrons. The molecule has 0 unspecified atom stereocenters. The maximum Gasteiger partial charge on any atom is 0.270 e. The zero-order valence-corrected chi connectivity index (χ0v) is 20.6. The van der Waals surface area contributed by atoms with E-state index in [4.69, 9.17) is 0 Å². The molecule has 1 fully saturated rings. The topological polar surface area (TPSA) is 111 Å². The predicted octanol–water partition coefficient (Wildman–Crippen LogP) is 1.83. The Morgan fingerprint density at radius 1 is 1.17 bits per heavy atom. The van der Waals surface area contributed by atoms with E-state index in [1.54, 1.807) is 13.0 Å². The lowest BCUT2D eigenvalue weighted by Crippen LogP contribution is -2.42. The first-order valence-corrected chi connectivity index (χ1v) is 12.5. The molecule has 1 aromatic heterocycles. The van der Waals surface area contributed by atoms with Crippen LogP contribution in [0.2, 0.25) is 0 Å². The fourth-order valence-electron chi connectivity index (χ4n) is 5.01. The standard InChI is InChI=1S/C26H36N6O3/c1-18(33)31(2)22-9-7-21(8-10-22)30-25-13-24(28-17-29-25)26(35)27-14-23(34)16-32-12-11-19-5-3-4-6-20(19)15-32/h3-6,13,17,21-23,34H,7-12,14-16H2,1-2H3,(H,27,35)(H,28,29,30)/t21?,22?,23-/m0/s1. The van der Waals surface area contributed by atoms with Crippen molar-refractivity contribution in [3.63, 3.8) is 0 Å². The molecule has 0 saturated heterocycles. The van der Waals surface area contributed by atoms with Gasteiger partial charge in [-0.05, 0) is 43.2 Å². The number of carbonyl (C=O) groups is 2. The monoisotopic (exact) mass is 480 g/mol. The summed E-state index contributed by atoms with van der Waals surface area (Å²) in [6, 6.07) is 10.6. The highest BCUT2D eigenvalue weighted by Crippen LogP contribution is 2.25. The number of anilines is 1. The fraction of sp³-hybridized carbons (Fsp3) is 0.538. The van der Waals surface area contributed by atoms with Gasteiger partial charge in [-0.3, -0.25) is 14.5 Å². The number of amides is 2. The van der Waals surface area contributed by atoms with Gasteiger partial charge in [0, 0.05) is 58.3 Å². The summed E-state index contributed by atoms with van der Waals surface area (Å²) in [5.74, 6) is 0.380. The van der Waals surface area contributed by atoms with Crippen LogP contribution in [0, 0.1) is 0 Å². The number of hydrogen-bond acceptors (Lipinski definition) is 7. The van der Waals surface area contributed by atoms with E-state index in [0.717, 1.165) is 45.2 Å². The highest BCUT2D eigenvalue weighted by atomic mass is 16.3. The third kappa shape index (κ3) is 6.76. The summed E-state index contributed by atoms with van der Waals surface area (Å²) in [5, 5.41) is 16.7. The van der Waals surface area contributed by atoms with E-state index >= 15 is 0 Å². The average molecular weight is 481 g/mol. The van der Waals surface area contributed by atoms with Crippen LogP contribution in [0.4, 0.5) is 5.82 Å². The van der Waals surface area contributed by atoms with Crippen LogP contribution in [0.3, 0.4) is 0 Å². The van der Waals surface area contributed by atoms with Crippen molar-refractivity contribution in [2.45, 2.75) is 63.8 Å². The highest BCUT2D eigenvalue weighted by molar-refractivity contribution is 5.92. The molecular formula is C26H36N6O3. The second kappa shape index (κ2) is 11.6. The summed E-state index contributed by atoms with van der Waals surface area (Å²) in [6.45, 7) is 3.98. The zero-order chi connectivity index (χ0) is 24.8. The van der Waals surface area contributed by atoms with Crippen LogP contribution in [-0.2, 0) is 17.8 Å². The number of hydrogen-bond donors (Lipinski definition) is 3. The van der Waals surface area contributed by atoms with Gasteiger partial charge in [0.2, 0.25) is 5.91 Å². The summed E-state index contributed by atoms with van der Waals surface area (Å²) >= 11 is 0. The van der Waals surface area contributed by atoms with Crippen LogP contribution in [0.5, 0.6) is 0 Å². The first-order chi connectivity index (χ1) is 16.9. The molecule has 1 aliphatic heterocycles. The third-order valence-corrected chi connectivity index (χ3v) is 7.17. The lowest BCUT2D eigenvalue weighted by atomic mass is 9.90. The van der Waals surface area contributed by atoms with Gasteiger partial charge in [-0.2, -0.15) is 0 Å². The Labute approximate surface area is 206 Å². The number of carbonyl (C=O) groups excluding carboxylic acids is 2. The average Bonchev–Trinajstić information content (AvgIpc) is 2.87. The van der Waals surface area contributed by atoms with Crippen molar-refractivity contribution < 1.29 is 14.7 Å². The maximum absolute atomic E-state index is 12.6. The summed E-state index contributed by atoms with van der Waals surface area (Å²) in [4.78, 5) is 36.6. The number of aliphatic hydroxyl groups excluding tert-OH is 1. The van der Waals surface area contributed by atoms with E-state index in [-0.39, 0.29) is 36.1 Å². The van der Waals surface area contributed by atoms with E-state index in [1.165, 1.54) is 17.5 Å². The molecule has 2 aromatic rings. The van der Waals surface area contributed by atoms with Crippen LogP contribution in [0.15, 0.2) is 36.7 Å². The summed E-state index contributed by atoms with van der Waals surface area (Å²) in [7, 11) is 1.86. The Morgan fingerprint density at radius 2 is 1.91 bits per heavy atom. The lowest BCUT2D eigenvalue weighted by molar-refractivity contribution is -0.130. The van der Waals surface area contributed by atoms with Crippen molar-refractivity contribution in [2.24, 2.45) is 0 Å². The van der Waals surface area contributed by atoms with Gasteiger partial charge >= 0.3 is 0 Å². The van der Waals surface area contributed by atoms with Gasteiger partial charge in [-0.1, -0.05) is 24.3 Å². The Kier molecular flexibility index (Phi) is 8.30. The molecule has 2 aliphatic rings. The molecule has 35 heavy (non-hydrogen) atoms. The molecule has 188 valence electrons. The van der Waals surface area contributed by atoms with Crippen molar-refractivity contribution in [1.82, 2.24) is 25.1 Å². The normalized spacial score (nSPS) is 21.0. The molecule has 0 spiro atoms. The molecule has 1 aliphatic carbocycles. The molecule has 9 heteroatoms. The van der Waals surface area contributed by atoms with E-state index in [2.05, 4.69) is 43.7 Å². The van der Waals surface area contributed by atoms with Crippen molar-refractivity contribution in [3.05, 3.63) is 53.5 Å². The van der Waals surface area contributed by atoms with Gasteiger partial charge in [0.15, 0.2) is 0 Å². The smallest absolute Gasteiger partial charge is 0.270 e. The molecule has 0 bridgehead atoms. The van der Waals surface area contributed by atoms with Crippen LogP contribution < -0.4 is 10.6 Å². The Hall–Kier alpha value is -3.04. The van der Waals surface area contributed by atoms with E-state index < -0.39 is 6.10 Å². The first-order valence-electron chi connectivity index (χ1n) is 12.5. The van der Waals surface area contributed by atoms with E-state index in [9.17, 15) is 14.7 Å². The van der Waals surface area contributed by atoms with Gasteiger partial charge in [0.1, 0.15) is 17.8 Å². The quantitative estimate of drug-likeness (QED) is 0.529. The Balaban J connectivity index is 1.22. The molecule has 2 heterocycles. The number of rotatable bonds is 8. The van der Waals surface area contributed by atoms with Crippen molar-refractivity contribution in [1.29, 1.82) is 0 Å². The second-order valence-electron chi connectivity index (χ2n) is 9.69. The van der Waals surface area contributed by atoms with Crippen molar-refractivity contribution >= 4 is 17.6 Å². The van der Waals surface area contributed by atoms with Gasteiger partial charge in [0.25, 0.3) is 5.91 Å². The SMILES string of the molecule is CC(=O)N(C)C1CCC(Nc2cc(C(=O)NC[C@H](O)CN3CCc4ccccc4C3)ncn2)CC1. The Morgan fingerprint density at radius 3 is 2.66 bits per heavy atom. The second-order valence-corrected chi connectivity index (χ2v) is 9.69. The van der Waals surface area contributed by atoms with Crippen LogP contribution in [0.25, 0.3) is 0 Å². The van der Waals surface area contributed by atoms with Gasteiger partial charge in [-0.15, -0.1) is 0 Å². The minimum atomic E-state index is -0.660.